The third-order valence-corrected chi connectivity index (χ3v) is 5.16. The van der Waals surface area contributed by atoms with Gasteiger partial charge in [0.05, 0.1) is 0 Å². The van der Waals surface area contributed by atoms with Crippen molar-refractivity contribution in [2.75, 3.05) is 6.26 Å². The number of H-pyrrole nitrogens is 1. The van der Waals surface area contributed by atoms with Crippen molar-refractivity contribution in [1.82, 2.24) is 14.8 Å². The minimum absolute atomic E-state index is 0.408. The monoisotopic (exact) mass is 257 g/mol. The SMILES string of the molecule is CSC1(Cn2c(C(C)C)n[nH]c2=S)CCC1. The van der Waals surface area contributed by atoms with Gasteiger partial charge in [-0.3, -0.25) is 5.10 Å². The Morgan fingerprint density at radius 2 is 2.25 bits per heavy atom. The number of hydrogen-bond acceptors (Lipinski definition) is 3. The largest absolute Gasteiger partial charge is 0.303 e. The van der Waals surface area contributed by atoms with Gasteiger partial charge in [-0.25, -0.2) is 0 Å². The molecular formula is C11H19N3S2. The van der Waals surface area contributed by atoms with E-state index in [1.165, 1.54) is 19.3 Å². The van der Waals surface area contributed by atoms with Crippen molar-refractivity contribution in [2.45, 2.75) is 50.3 Å². The standard InChI is InChI=1S/C11H19N3S2/c1-8(2)9-12-13-10(15)14(9)7-11(16-3)5-4-6-11/h8H,4-7H2,1-3H3,(H,13,15). The van der Waals surface area contributed by atoms with Gasteiger partial charge in [0.15, 0.2) is 4.77 Å². The molecule has 1 fully saturated rings. The van der Waals surface area contributed by atoms with Crippen LogP contribution in [0.25, 0.3) is 0 Å². The van der Waals surface area contributed by atoms with Crippen molar-refractivity contribution in [3.05, 3.63) is 10.6 Å². The lowest BCUT2D eigenvalue weighted by Crippen LogP contribution is -2.38. The molecule has 1 aliphatic carbocycles. The van der Waals surface area contributed by atoms with Crippen LogP contribution in [0.1, 0.15) is 44.9 Å². The zero-order valence-electron chi connectivity index (χ0n) is 10.1. The van der Waals surface area contributed by atoms with E-state index in [2.05, 4.69) is 34.9 Å². The van der Waals surface area contributed by atoms with Crippen molar-refractivity contribution in [3.8, 4) is 0 Å². The summed E-state index contributed by atoms with van der Waals surface area (Å²) in [7, 11) is 0. The van der Waals surface area contributed by atoms with Gasteiger partial charge in [0.1, 0.15) is 5.82 Å². The second-order valence-electron chi connectivity index (χ2n) is 4.87. The fourth-order valence-electron chi connectivity index (χ4n) is 2.21. The first-order chi connectivity index (χ1) is 7.58. The van der Waals surface area contributed by atoms with Crippen molar-refractivity contribution in [1.29, 1.82) is 0 Å². The molecule has 16 heavy (non-hydrogen) atoms. The fraction of sp³-hybridized carbons (Fsp3) is 0.818. The summed E-state index contributed by atoms with van der Waals surface area (Å²) in [6.45, 7) is 5.33. The smallest absolute Gasteiger partial charge is 0.195 e. The molecule has 0 aliphatic heterocycles. The number of nitrogens with one attached hydrogen (secondary N) is 1. The van der Waals surface area contributed by atoms with Gasteiger partial charge in [0.2, 0.25) is 0 Å². The molecular weight excluding hydrogens is 238 g/mol. The van der Waals surface area contributed by atoms with Crippen LogP contribution in [0, 0.1) is 4.77 Å². The van der Waals surface area contributed by atoms with Crippen LogP contribution < -0.4 is 0 Å². The summed E-state index contributed by atoms with van der Waals surface area (Å²) in [6.07, 6.45) is 6.16. The van der Waals surface area contributed by atoms with E-state index in [9.17, 15) is 0 Å². The zero-order valence-corrected chi connectivity index (χ0v) is 11.7. The predicted octanol–water partition coefficient (Wildman–Crippen LogP) is 3.35. The number of rotatable bonds is 4. The lowest BCUT2D eigenvalue weighted by atomic mass is 9.84. The molecule has 1 aromatic rings. The molecule has 0 radical (unpaired) electrons. The molecule has 1 saturated carbocycles. The summed E-state index contributed by atoms with van der Waals surface area (Å²) in [5.74, 6) is 1.51. The molecule has 1 aliphatic rings. The molecule has 1 aromatic heterocycles. The maximum Gasteiger partial charge on any atom is 0.195 e. The molecule has 0 amide bonds. The van der Waals surface area contributed by atoms with Gasteiger partial charge in [0.25, 0.3) is 0 Å². The number of aromatic amines is 1. The van der Waals surface area contributed by atoms with Crippen LogP contribution >= 0.6 is 24.0 Å². The molecule has 0 saturated heterocycles. The van der Waals surface area contributed by atoms with E-state index < -0.39 is 0 Å². The highest BCUT2D eigenvalue weighted by Gasteiger charge is 2.37. The summed E-state index contributed by atoms with van der Waals surface area (Å²) in [5.41, 5.74) is 0. The number of hydrogen-bond donors (Lipinski definition) is 1. The summed E-state index contributed by atoms with van der Waals surface area (Å²) in [5, 5.41) is 7.25. The van der Waals surface area contributed by atoms with Crippen molar-refractivity contribution < 1.29 is 0 Å². The van der Waals surface area contributed by atoms with Crippen LogP contribution in [0.15, 0.2) is 0 Å². The maximum atomic E-state index is 5.32. The molecule has 3 nitrogen and oxygen atoms in total. The van der Waals surface area contributed by atoms with Crippen molar-refractivity contribution >= 4 is 24.0 Å². The summed E-state index contributed by atoms with van der Waals surface area (Å²) in [6, 6.07) is 0. The van der Waals surface area contributed by atoms with E-state index in [4.69, 9.17) is 12.2 Å². The Labute approximate surface area is 106 Å². The molecule has 0 unspecified atom stereocenters. The minimum atomic E-state index is 0.408. The zero-order chi connectivity index (χ0) is 11.8. The highest BCUT2D eigenvalue weighted by Crippen LogP contribution is 2.44. The maximum absolute atomic E-state index is 5.32. The normalized spacial score (nSPS) is 18.8. The van der Waals surface area contributed by atoms with Crippen LogP contribution in [-0.4, -0.2) is 25.8 Å². The first-order valence-corrected chi connectivity index (χ1v) is 7.41. The third kappa shape index (κ3) is 2.07. The van der Waals surface area contributed by atoms with Gasteiger partial charge in [-0.05, 0) is 31.3 Å². The highest BCUT2D eigenvalue weighted by atomic mass is 32.2. The van der Waals surface area contributed by atoms with Crippen molar-refractivity contribution in [2.24, 2.45) is 0 Å². The van der Waals surface area contributed by atoms with E-state index in [1.807, 2.05) is 11.8 Å². The Kier molecular flexibility index (Phi) is 3.45. The van der Waals surface area contributed by atoms with Gasteiger partial charge in [-0.1, -0.05) is 20.3 Å². The number of thioether (sulfide) groups is 1. The fourth-order valence-corrected chi connectivity index (χ4v) is 3.37. The van der Waals surface area contributed by atoms with Gasteiger partial charge in [-0.15, -0.1) is 0 Å². The first-order valence-electron chi connectivity index (χ1n) is 5.78. The van der Waals surface area contributed by atoms with Gasteiger partial charge < -0.3 is 4.57 Å². The van der Waals surface area contributed by atoms with Crippen LogP contribution in [-0.2, 0) is 6.54 Å². The summed E-state index contributed by atoms with van der Waals surface area (Å²) < 4.78 is 3.37. The Bertz CT molecular complexity index is 410. The Morgan fingerprint density at radius 1 is 1.56 bits per heavy atom. The Morgan fingerprint density at radius 3 is 2.69 bits per heavy atom. The third-order valence-electron chi connectivity index (χ3n) is 3.45. The van der Waals surface area contributed by atoms with E-state index >= 15 is 0 Å². The number of aromatic nitrogens is 3. The molecule has 90 valence electrons. The lowest BCUT2D eigenvalue weighted by molar-refractivity contribution is 0.315. The van der Waals surface area contributed by atoms with E-state index in [1.54, 1.807) is 0 Å². The quantitative estimate of drug-likeness (QED) is 0.840. The molecule has 0 aromatic carbocycles. The summed E-state index contributed by atoms with van der Waals surface area (Å²) in [4.78, 5) is 0. The van der Waals surface area contributed by atoms with Gasteiger partial charge in [-0.2, -0.15) is 16.9 Å². The lowest BCUT2D eigenvalue weighted by Gasteiger charge is -2.40. The van der Waals surface area contributed by atoms with E-state index in [0.29, 0.717) is 10.7 Å². The number of nitrogens with zero attached hydrogens (tertiary/aromatic N) is 2. The second kappa shape index (κ2) is 4.53. The minimum Gasteiger partial charge on any atom is -0.303 e. The van der Waals surface area contributed by atoms with Crippen LogP contribution in [0.3, 0.4) is 0 Å². The molecule has 5 heteroatoms. The van der Waals surface area contributed by atoms with E-state index in [-0.39, 0.29) is 0 Å². The predicted molar refractivity (Wildman–Crippen MR) is 71.6 cm³/mol. The molecule has 1 N–H and O–H groups in total. The molecule has 0 atom stereocenters. The summed E-state index contributed by atoms with van der Waals surface area (Å²) >= 11 is 7.29. The highest BCUT2D eigenvalue weighted by molar-refractivity contribution is 8.00. The van der Waals surface area contributed by atoms with E-state index in [0.717, 1.165) is 17.1 Å². The second-order valence-corrected chi connectivity index (χ2v) is 6.53. The van der Waals surface area contributed by atoms with Gasteiger partial charge >= 0.3 is 0 Å². The Balaban J connectivity index is 2.26. The van der Waals surface area contributed by atoms with Crippen LogP contribution in [0.2, 0.25) is 0 Å². The van der Waals surface area contributed by atoms with Gasteiger partial charge in [0, 0.05) is 17.2 Å². The van der Waals surface area contributed by atoms with Crippen LogP contribution in [0.4, 0.5) is 0 Å². The molecule has 2 rings (SSSR count). The average Bonchev–Trinajstić information content (AvgIpc) is 2.54. The molecule has 1 heterocycles. The molecule has 0 spiro atoms. The molecule has 0 bridgehead atoms. The van der Waals surface area contributed by atoms with Crippen LogP contribution in [0.5, 0.6) is 0 Å². The average molecular weight is 257 g/mol. The first kappa shape index (κ1) is 12.2. The topological polar surface area (TPSA) is 33.6 Å². The van der Waals surface area contributed by atoms with Crippen molar-refractivity contribution in [3.63, 3.8) is 0 Å². The Hall–Kier alpha value is -0.290.